The molecule has 1 rings (SSSR count). The fourth-order valence-corrected chi connectivity index (χ4v) is 1.64. The summed E-state index contributed by atoms with van der Waals surface area (Å²) >= 11 is 0. The van der Waals surface area contributed by atoms with Crippen LogP contribution in [0.25, 0.3) is 0 Å². The van der Waals surface area contributed by atoms with Gasteiger partial charge < -0.3 is 15.3 Å². The Morgan fingerprint density at radius 3 is 2.53 bits per heavy atom. The quantitative estimate of drug-likeness (QED) is 0.818. The van der Waals surface area contributed by atoms with Gasteiger partial charge >= 0.3 is 6.03 Å². The summed E-state index contributed by atoms with van der Waals surface area (Å²) in [6, 6.07) is 7.51. The van der Waals surface area contributed by atoms with Crippen LogP contribution in [0, 0.1) is 0 Å². The van der Waals surface area contributed by atoms with Gasteiger partial charge in [0.15, 0.2) is 0 Å². The predicted molar refractivity (Wildman–Crippen MR) is 67.5 cm³/mol. The van der Waals surface area contributed by atoms with Gasteiger partial charge in [0.1, 0.15) is 0 Å². The molecule has 0 spiro atoms. The number of carbonyl (C=O) groups excluding carboxylic acids is 1. The second-order valence-corrected chi connectivity index (χ2v) is 3.81. The molecule has 0 heterocycles. The first-order valence-corrected chi connectivity index (χ1v) is 5.92. The van der Waals surface area contributed by atoms with E-state index in [4.69, 9.17) is 5.11 Å². The number of urea groups is 1. The first-order valence-electron chi connectivity index (χ1n) is 5.92. The van der Waals surface area contributed by atoms with E-state index >= 15 is 0 Å². The molecular weight excluding hydrogens is 216 g/mol. The van der Waals surface area contributed by atoms with E-state index in [9.17, 15) is 4.79 Å². The summed E-state index contributed by atoms with van der Waals surface area (Å²) in [5.74, 6) is 0. The Labute approximate surface area is 102 Å². The predicted octanol–water partition coefficient (Wildman–Crippen LogP) is 1.73. The highest BCUT2D eigenvalue weighted by Gasteiger charge is 2.07. The second-order valence-electron chi connectivity index (χ2n) is 3.81. The first-order chi connectivity index (χ1) is 8.21. The summed E-state index contributed by atoms with van der Waals surface area (Å²) in [5.41, 5.74) is 1.86. The van der Waals surface area contributed by atoms with Gasteiger partial charge in [-0.2, -0.15) is 0 Å². The van der Waals surface area contributed by atoms with E-state index in [1.807, 2.05) is 38.1 Å². The minimum Gasteiger partial charge on any atom is -0.392 e. The molecule has 0 saturated carbocycles. The van der Waals surface area contributed by atoms with Gasteiger partial charge in [0, 0.05) is 19.6 Å². The fourth-order valence-electron chi connectivity index (χ4n) is 1.64. The molecule has 94 valence electrons. The van der Waals surface area contributed by atoms with Crippen LogP contribution < -0.4 is 5.32 Å². The third-order valence-electron chi connectivity index (χ3n) is 2.67. The Kier molecular flexibility index (Phi) is 5.49. The van der Waals surface area contributed by atoms with Crippen molar-refractivity contribution in [2.24, 2.45) is 0 Å². The molecule has 0 aliphatic carbocycles. The zero-order valence-electron chi connectivity index (χ0n) is 10.4. The Balaban J connectivity index is 2.52. The van der Waals surface area contributed by atoms with E-state index in [1.165, 1.54) is 0 Å². The first kappa shape index (κ1) is 13.5. The van der Waals surface area contributed by atoms with Crippen LogP contribution in [-0.4, -0.2) is 29.1 Å². The maximum Gasteiger partial charge on any atom is 0.317 e. The standard InChI is InChI=1S/C13H20N2O2/c1-3-15(4-2)13(17)14-9-11-6-5-7-12(8-11)10-16/h5-8,16H,3-4,9-10H2,1-2H3,(H,14,17). The summed E-state index contributed by atoms with van der Waals surface area (Å²) in [5, 5.41) is 11.9. The number of hydrogen-bond acceptors (Lipinski definition) is 2. The molecule has 2 amide bonds. The molecule has 4 nitrogen and oxygen atoms in total. The van der Waals surface area contributed by atoms with Gasteiger partial charge in [0.2, 0.25) is 0 Å². The van der Waals surface area contributed by atoms with E-state index in [-0.39, 0.29) is 12.6 Å². The van der Waals surface area contributed by atoms with Crippen LogP contribution in [0.1, 0.15) is 25.0 Å². The third kappa shape index (κ3) is 4.07. The highest BCUT2D eigenvalue weighted by Crippen LogP contribution is 2.05. The molecular formula is C13H20N2O2. The lowest BCUT2D eigenvalue weighted by Gasteiger charge is -2.19. The molecule has 17 heavy (non-hydrogen) atoms. The molecule has 2 N–H and O–H groups in total. The lowest BCUT2D eigenvalue weighted by Crippen LogP contribution is -2.39. The summed E-state index contributed by atoms with van der Waals surface area (Å²) in [6.45, 7) is 5.84. The maximum absolute atomic E-state index is 11.7. The average molecular weight is 236 g/mol. The number of amides is 2. The smallest absolute Gasteiger partial charge is 0.317 e. The normalized spacial score (nSPS) is 10.1. The topological polar surface area (TPSA) is 52.6 Å². The van der Waals surface area contributed by atoms with Gasteiger partial charge in [-0.05, 0) is 25.0 Å². The summed E-state index contributed by atoms with van der Waals surface area (Å²) in [4.78, 5) is 13.4. The number of benzene rings is 1. The van der Waals surface area contributed by atoms with Crippen molar-refractivity contribution in [2.75, 3.05) is 13.1 Å². The molecule has 0 atom stereocenters. The lowest BCUT2D eigenvalue weighted by molar-refractivity contribution is 0.203. The molecule has 0 bridgehead atoms. The second kappa shape index (κ2) is 6.91. The minimum atomic E-state index is -0.0515. The van der Waals surface area contributed by atoms with E-state index in [2.05, 4.69) is 5.32 Å². The zero-order valence-corrected chi connectivity index (χ0v) is 10.4. The summed E-state index contributed by atoms with van der Waals surface area (Å²) in [6.07, 6.45) is 0. The van der Waals surface area contributed by atoms with Crippen molar-refractivity contribution in [2.45, 2.75) is 27.0 Å². The number of aliphatic hydroxyl groups is 1. The van der Waals surface area contributed by atoms with Crippen LogP contribution in [-0.2, 0) is 13.2 Å². The molecule has 1 aromatic rings. The van der Waals surface area contributed by atoms with Crippen molar-refractivity contribution in [3.63, 3.8) is 0 Å². The van der Waals surface area contributed by atoms with Crippen LogP contribution in [0.2, 0.25) is 0 Å². The highest BCUT2D eigenvalue weighted by molar-refractivity contribution is 5.74. The number of nitrogens with zero attached hydrogens (tertiary/aromatic N) is 1. The van der Waals surface area contributed by atoms with Crippen LogP contribution in [0.3, 0.4) is 0 Å². The number of rotatable bonds is 5. The van der Waals surface area contributed by atoms with Gasteiger partial charge in [0.25, 0.3) is 0 Å². The van der Waals surface area contributed by atoms with Crippen molar-refractivity contribution >= 4 is 6.03 Å². The van der Waals surface area contributed by atoms with Crippen LogP contribution in [0.5, 0.6) is 0 Å². The Hall–Kier alpha value is -1.55. The van der Waals surface area contributed by atoms with Crippen molar-refractivity contribution in [1.82, 2.24) is 10.2 Å². The van der Waals surface area contributed by atoms with Crippen molar-refractivity contribution < 1.29 is 9.90 Å². The SMILES string of the molecule is CCN(CC)C(=O)NCc1cccc(CO)c1. The summed E-state index contributed by atoms with van der Waals surface area (Å²) < 4.78 is 0. The van der Waals surface area contributed by atoms with Gasteiger partial charge in [0.05, 0.1) is 6.61 Å². The van der Waals surface area contributed by atoms with E-state index in [0.717, 1.165) is 11.1 Å². The minimum absolute atomic E-state index is 0.0256. The number of aliphatic hydroxyl groups excluding tert-OH is 1. The molecule has 0 aliphatic rings. The lowest BCUT2D eigenvalue weighted by atomic mass is 10.1. The summed E-state index contributed by atoms with van der Waals surface area (Å²) in [7, 11) is 0. The van der Waals surface area contributed by atoms with Crippen molar-refractivity contribution in [3.8, 4) is 0 Å². The third-order valence-corrected chi connectivity index (χ3v) is 2.67. The Morgan fingerprint density at radius 2 is 1.94 bits per heavy atom. The van der Waals surface area contributed by atoms with Crippen molar-refractivity contribution in [3.05, 3.63) is 35.4 Å². The molecule has 0 radical (unpaired) electrons. The molecule has 0 fully saturated rings. The van der Waals surface area contributed by atoms with Gasteiger partial charge in [-0.25, -0.2) is 4.79 Å². The molecule has 4 heteroatoms. The number of carbonyl (C=O) groups is 1. The van der Waals surface area contributed by atoms with E-state index < -0.39 is 0 Å². The Bertz CT molecular complexity index is 362. The van der Waals surface area contributed by atoms with Gasteiger partial charge in [-0.3, -0.25) is 0 Å². The highest BCUT2D eigenvalue weighted by atomic mass is 16.3. The monoisotopic (exact) mass is 236 g/mol. The molecule has 0 saturated heterocycles. The molecule has 0 aliphatic heterocycles. The van der Waals surface area contributed by atoms with Crippen LogP contribution in [0.15, 0.2) is 24.3 Å². The number of nitrogens with one attached hydrogen (secondary N) is 1. The molecule has 0 aromatic heterocycles. The number of hydrogen-bond donors (Lipinski definition) is 2. The van der Waals surface area contributed by atoms with E-state index in [1.54, 1.807) is 4.90 Å². The fraction of sp³-hybridized carbons (Fsp3) is 0.462. The zero-order chi connectivity index (χ0) is 12.7. The van der Waals surface area contributed by atoms with Crippen LogP contribution in [0.4, 0.5) is 4.79 Å². The molecule has 1 aromatic carbocycles. The average Bonchev–Trinajstić information content (AvgIpc) is 2.38. The van der Waals surface area contributed by atoms with Gasteiger partial charge in [-0.15, -0.1) is 0 Å². The van der Waals surface area contributed by atoms with Gasteiger partial charge in [-0.1, -0.05) is 24.3 Å². The van der Waals surface area contributed by atoms with Crippen LogP contribution >= 0.6 is 0 Å². The maximum atomic E-state index is 11.7. The molecule has 0 unspecified atom stereocenters. The largest absolute Gasteiger partial charge is 0.392 e. The van der Waals surface area contributed by atoms with E-state index in [0.29, 0.717) is 19.6 Å². The Morgan fingerprint density at radius 1 is 1.29 bits per heavy atom. The van der Waals surface area contributed by atoms with Crippen molar-refractivity contribution in [1.29, 1.82) is 0 Å².